The van der Waals surface area contributed by atoms with E-state index >= 15 is 0 Å². The maximum absolute atomic E-state index is 12.9. The van der Waals surface area contributed by atoms with Crippen molar-refractivity contribution >= 4 is 5.91 Å². The van der Waals surface area contributed by atoms with Crippen molar-refractivity contribution in [2.24, 2.45) is 17.8 Å². The molecule has 0 bridgehead atoms. The minimum atomic E-state index is 0.181. The summed E-state index contributed by atoms with van der Waals surface area (Å²) in [7, 11) is 0. The predicted octanol–water partition coefficient (Wildman–Crippen LogP) is 1.99. The fraction of sp³-hybridized carbons (Fsp3) is 0.941. The van der Waals surface area contributed by atoms with Crippen molar-refractivity contribution in [1.82, 2.24) is 9.80 Å². The van der Waals surface area contributed by atoms with Gasteiger partial charge in [-0.05, 0) is 44.1 Å². The van der Waals surface area contributed by atoms with E-state index in [1.807, 2.05) is 0 Å². The highest BCUT2D eigenvalue weighted by Crippen LogP contribution is 2.30. The quantitative estimate of drug-likeness (QED) is 0.781. The molecule has 0 radical (unpaired) electrons. The molecule has 3 rings (SSSR count). The molecule has 120 valence electrons. The molecule has 3 aliphatic heterocycles. The molecule has 4 nitrogen and oxygen atoms in total. The summed E-state index contributed by atoms with van der Waals surface area (Å²) in [6.07, 6.45) is 4.66. The van der Waals surface area contributed by atoms with Crippen molar-refractivity contribution in [1.29, 1.82) is 0 Å². The zero-order chi connectivity index (χ0) is 14.8. The number of hydrogen-bond acceptors (Lipinski definition) is 3. The van der Waals surface area contributed by atoms with E-state index in [1.165, 1.54) is 19.3 Å². The van der Waals surface area contributed by atoms with E-state index in [0.29, 0.717) is 11.9 Å². The number of rotatable bonds is 2. The highest BCUT2D eigenvalue weighted by Gasteiger charge is 2.42. The molecule has 0 aromatic carbocycles. The monoisotopic (exact) mass is 294 g/mol. The Morgan fingerprint density at radius 2 is 1.95 bits per heavy atom. The lowest BCUT2D eigenvalue weighted by molar-refractivity contribution is -0.138. The second-order valence-corrected chi connectivity index (χ2v) is 7.33. The second-order valence-electron chi connectivity index (χ2n) is 7.33. The smallest absolute Gasteiger partial charge is 0.227 e. The summed E-state index contributed by atoms with van der Waals surface area (Å²) in [5, 5.41) is 0. The molecule has 0 spiro atoms. The molecule has 3 fully saturated rings. The van der Waals surface area contributed by atoms with Crippen LogP contribution in [-0.4, -0.2) is 61.1 Å². The molecule has 3 atom stereocenters. The van der Waals surface area contributed by atoms with Gasteiger partial charge in [-0.3, -0.25) is 9.69 Å². The first-order valence-corrected chi connectivity index (χ1v) is 8.77. The van der Waals surface area contributed by atoms with Crippen molar-refractivity contribution < 1.29 is 9.53 Å². The van der Waals surface area contributed by atoms with Gasteiger partial charge in [0.1, 0.15) is 0 Å². The van der Waals surface area contributed by atoms with Gasteiger partial charge in [-0.15, -0.1) is 0 Å². The van der Waals surface area contributed by atoms with Crippen LogP contribution < -0.4 is 0 Å². The summed E-state index contributed by atoms with van der Waals surface area (Å²) in [4.78, 5) is 17.5. The summed E-state index contributed by atoms with van der Waals surface area (Å²) in [6, 6.07) is 0.343. The molecule has 3 saturated heterocycles. The minimum Gasteiger partial charge on any atom is -0.378 e. The van der Waals surface area contributed by atoms with Gasteiger partial charge in [0.15, 0.2) is 0 Å². The van der Waals surface area contributed by atoms with Crippen LogP contribution in [-0.2, 0) is 9.53 Å². The number of fused-ring (bicyclic) bond motifs is 1. The number of carbonyl (C=O) groups excluding carboxylic acids is 1. The molecule has 3 unspecified atom stereocenters. The summed E-state index contributed by atoms with van der Waals surface area (Å²) in [5.41, 5.74) is 0. The van der Waals surface area contributed by atoms with Gasteiger partial charge in [0.2, 0.25) is 5.91 Å². The van der Waals surface area contributed by atoms with Crippen molar-refractivity contribution in [2.75, 3.05) is 39.4 Å². The first-order valence-electron chi connectivity index (χ1n) is 8.77. The van der Waals surface area contributed by atoms with Crippen LogP contribution in [0.25, 0.3) is 0 Å². The zero-order valence-electron chi connectivity index (χ0n) is 13.6. The summed E-state index contributed by atoms with van der Waals surface area (Å²) in [5.74, 6) is 2.12. The summed E-state index contributed by atoms with van der Waals surface area (Å²) < 4.78 is 5.61. The van der Waals surface area contributed by atoms with Crippen LogP contribution in [0.15, 0.2) is 0 Å². The van der Waals surface area contributed by atoms with Crippen molar-refractivity contribution in [2.45, 2.75) is 45.6 Å². The van der Waals surface area contributed by atoms with Gasteiger partial charge >= 0.3 is 0 Å². The fourth-order valence-corrected chi connectivity index (χ4v) is 4.33. The highest BCUT2D eigenvalue weighted by atomic mass is 16.5. The standard InChI is InChI=1S/C17H30N2O2/c1-13(2)14-4-3-7-19(8-5-14)17(20)15-6-9-18-10-11-21-12-16(15)18/h13-16H,3-12H2,1-2H3. The van der Waals surface area contributed by atoms with Crippen LogP contribution in [0, 0.1) is 17.8 Å². The molecular weight excluding hydrogens is 264 g/mol. The van der Waals surface area contributed by atoms with Gasteiger partial charge in [0.05, 0.1) is 19.1 Å². The van der Waals surface area contributed by atoms with Crippen LogP contribution in [0.5, 0.6) is 0 Å². The zero-order valence-corrected chi connectivity index (χ0v) is 13.6. The molecule has 0 aliphatic carbocycles. The largest absolute Gasteiger partial charge is 0.378 e. The van der Waals surface area contributed by atoms with Crippen LogP contribution in [0.3, 0.4) is 0 Å². The third kappa shape index (κ3) is 3.26. The maximum Gasteiger partial charge on any atom is 0.227 e. The molecule has 4 heteroatoms. The van der Waals surface area contributed by atoms with Crippen LogP contribution in [0.4, 0.5) is 0 Å². The fourth-order valence-electron chi connectivity index (χ4n) is 4.33. The van der Waals surface area contributed by atoms with Crippen molar-refractivity contribution in [3.63, 3.8) is 0 Å². The van der Waals surface area contributed by atoms with Gasteiger partial charge in [-0.1, -0.05) is 13.8 Å². The SMILES string of the molecule is CC(C)C1CCCN(C(=O)C2CCN3CCOCC23)CC1. The lowest BCUT2D eigenvalue weighted by Gasteiger charge is -2.33. The number of nitrogens with zero attached hydrogens (tertiary/aromatic N) is 2. The highest BCUT2D eigenvalue weighted by molar-refractivity contribution is 5.80. The Labute approximate surface area is 128 Å². The summed E-state index contributed by atoms with van der Waals surface area (Å²) >= 11 is 0. The second kappa shape index (κ2) is 6.66. The molecule has 21 heavy (non-hydrogen) atoms. The average Bonchev–Trinajstić information content (AvgIpc) is 2.75. The van der Waals surface area contributed by atoms with E-state index in [4.69, 9.17) is 4.74 Å². The van der Waals surface area contributed by atoms with E-state index < -0.39 is 0 Å². The molecule has 1 amide bonds. The number of morpholine rings is 1. The number of carbonyl (C=O) groups is 1. The molecule has 0 N–H and O–H groups in total. The molecule has 3 heterocycles. The Morgan fingerprint density at radius 1 is 1.10 bits per heavy atom. The van der Waals surface area contributed by atoms with E-state index in [-0.39, 0.29) is 5.92 Å². The van der Waals surface area contributed by atoms with Gasteiger partial charge < -0.3 is 9.64 Å². The van der Waals surface area contributed by atoms with E-state index in [0.717, 1.165) is 57.6 Å². The molecule has 0 aromatic rings. The number of likely N-dealkylation sites (tertiary alicyclic amines) is 1. The molecular formula is C17H30N2O2. The van der Waals surface area contributed by atoms with E-state index in [2.05, 4.69) is 23.6 Å². The topological polar surface area (TPSA) is 32.8 Å². The Morgan fingerprint density at radius 3 is 2.76 bits per heavy atom. The Balaban J connectivity index is 1.60. The lowest BCUT2D eigenvalue weighted by Crippen LogP contribution is -2.48. The van der Waals surface area contributed by atoms with Crippen LogP contribution >= 0.6 is 0 Å². The normalized spacial score (nSPS) is 34.8. The lowest BCUT2D eigenvalue weighted by atomic mass is 9.89. The van der Waals surface area contributed by atoms with Gasteiger partial charge in [0.25, 0.3) is 0 Å². The summed E-state index contributed by atoms with van der Waals surface area (Å²) in [6.45, 7) is 10.2. The maximum atomic E-state index is 12.9. The minimum absolute atomic E-state index is 0.181. The third-order valence-electron chi connectivity index (χ3n) is 5.82. The van der Waals surface area contributed by atoms with Crippen molar-refractivity contribution in [3.05, 3.63) is 0 Å². The molecule has 3 aliphatic rings. The van der Waals surface area contributed by atoms with Crippen LogP contribution in [0.2, 0.25) is 0 Å². The number of hydrogen-bond donors (Lipinski definition) is 0. The first kappa shape index (κ1) is 15.3. The van der Waals surface area contributed by atoms with E-state index in [1.54, 1.807) is 0 Å². The van der Waals surface area contributed by atoms with Gasteiger partial charge in [0, 0.05) is 25.7 Å². The number of ether oxygens (including phenoxy) is 1. The average molecular weight is 294 g/mol. The van der Waals surface area contributed by atoms with Crippen molar-refractivity contribution in [3.8, 4) is 0 Å². The Hall–Kier alpha value is -0.610. The Kier molecular flexibility index (Phi) is 4.85. The number of amides is 1. The first-order chi connectivity index (χ1) is 10.2. The third-order valence-corrected chi connectivity index (χ3v) is 5.82. The van der Waals surface area contributed by atoms with E-state index in [9.17, 15) is 4.79 Å². The van der Waals surface area contributed by atoms with Gasteiger partial charge in [-0.2, -0.15) is 0 Å². The van der Waals surface area contributed by atoms with Crippen LogP contribution in [0.1, 0.15) is 39.5 Å². The molecule has 0 saturated carbocycles. The molecule has 0 aromatic heterocycles. The van der Waals surface area contributed by atoms with Gasteiger partial charge in [-0.25, -0.2) is 0 Å². The predicted molar refractivity (Wildman–Crippen MR) is 83.0 cm³/mol. The Bertz CT molecular complexity index is 372.